The van der Waals surface area contributed by atoms with Gasteiger partial charge in [-0.3, -0.25) is 4.79 Å². The maximum atomic E-state index is 12.2. The van der Waals surface area contributed by atoms with Crippen LogP contribution in [-0.4, -0.2) is 25.1 Å². The van der Waals surface area contributed by atoms with Gasteiger partial charge < -0.3 is 19.2 Å². The van der Waals surface area contributed by atoms with Gasteiger partial charge in [0, 0.05) is 10.9 Å². The van der Waals surface area contributed by atoms with E-state index in [0.29, 0.717) is 11.5 Å². The molecule has 0 aliphatic rings. The Morgan fingerprint density at radius 1 is 1.27 bits per heavy atom. The number of hydrogen-bond acceptors (Lipinski definition) is 6. The van der Waals surface area contributed by atoms with E-state index in [1.54, 1.807) is 26.5 Å². The van der Waals surface area contributed by atoms with Gasteiger partial charge in [0.15, 0.2) is 11.5 Å². The summed E-state index contributed by atoms with van der Waals surface area (Å²) in [5.74, 6) is 1.94. The van der Waals surface area contributed by atoms with Crippen molar-refractivity contribution in [2.24, 2.45) is 0 Å². The maximum absolute atomic E-state index is 12.2. The van der Waals surface area contributed by atoms with Crippen molar-refractivity contribution < 1.29 is 18.7 Å². The van der Waals surface area contributed by atoms with Gasteiger partial charge in [-0.15, -0.1) is 11.3 Å². The number of nitrogens with zero attached hydrogens (tertiary/aromatic N) is 1. The number of methoxy groups -OCH3 is 2. The molecule has 1 atom stereocenters. The first-order chi connectivity index (χ1) is 12.6. The highest BCUT2D eigenvalue weighted by Crippen LogP contribution is 2.33. The van der Waals surface area contributed by atoms with Crippen LogP contribution in [0.5, 0.6) is 11.5 Å². The Morgan fingerprint density at radius 2 is 2.08 bits per heavy atom. The Hall–Kier alpha value is -2.80. The molecule has 7 heteroatoms. The first kappa shape index (κ1) is 18.0. The Labute approximate surface area is 155 Å². The maximum Gasteiger partial charge on any atom is 0.226 e. The summed E-state index contributed by atoms with van der Waals surface area (Å²) in [6.07, 6.45) is 1.81. The molecule has 3 rings (SSSR count). The summed E-state index contributed by atoms with van der Waals surface area (Å²) in [4.78, 5) is 16.8. The second kappa shape index (κ2) is 8.05. The number of ether oxygens (including phenoxy) is 2. The van der Waals surface area contributed by atoms with Crippen LogP contribution in [0.15, 0.2) is 46.4 Å². The number of rotatable bonds is 7. The number of thiazole rings is 1. The fourth-order valence-electron chi connectivity index (χ4n) is 2.56. The van der Waals surface area contributed by atoms with Crippen molar-refractivity contribution >= 4 is 17.2 Å². The predicted octanol–water partition coefficient (Wildman–Crippen LogP) is 3.84. The van der Waals surface area contributed by atoms with Gasteiger partial charge in [-0.1, -0.05) is 0 Å². The third-order valence-electron chi connectivity index (χ3n) is 3.87. The van der Waals surface area contributed by atoms with E-state index >= 15 is 0 Å². The van der Waals surface area contributed by atoms with Crippen LogP contribution in [0.4, 0.5) is 0 Å². The van der Waals surface area contributed by atoms with E-state index in [4.69, 9.17) is 13.9 Å². The third kappa shape index (κ3) is 4.05. The topological polar surface area (TPSA) is 73.6 Å². The zero-order chi connectivity index (χ0) is 18.5. The molecule has 0 bridgehead atoms. The SMILES string of the molecule is COc1ccc(-c2nc(CC(=O)NC(C)c3ccco3)cs2)cc1OC. The van der Waals surface area contributed by atoms with Crippen molar-refractivity contribution in [3.8, 4) is 22.1 Å². The molecular formula is C19H20N2O4S. The number of carbonyl (C=O) groups is 1. The van der Waals surface area contributed by atoms with E-state index in [1.807, 2.05) is 36.6 Å². The molecular weight excluding hydrogens is 352 g/mol. The normalized spacial score (nSPS) is 11.8. The van der Waals surface area contributed by atoms with Gasteiger partial charge in [0.1, 0.15) is 10.8 Å². The van der Waals surface area contributed by atoms with Crippen molar-refractivity contribution in [1.29, 1.82) is 0 Å². The quantitative estimate of drug-likeness (QED) is 0.682. The van der Waals surface area contributed by atoms with Gasteiger partial charge in [0.05, 0.1) is 38.6 Å². The predicted molar refractivity (Wildman–Crippen MR) is 99.6 cm³/mol. The molecule has 3 aromatic rings. The van der Waals surface area contributed by atoms with Crippen molar-refractivity contribution in [3.05, 3.63) is 53.4 Å². The smallest absolute Gasteiger partial charge is 0.226 e. The van der Waals surface area contributed by atoms with Crippen molar-refractivity contribution in [2.75, 3.05) is 14.2 Å². The zero-order valence-electron chi connectivity index (χ0n) is 14.8. The van der Waals surface area contributed by atoms with Gasteiger partial charge in [0.25, 0.3) is 0 Å². The summed E-state index contributed by atoms with van der Waals surface area (Å²) in [6.45, 7) is 1.88. The minimum Gasteiger partial charge on any atom is -0.493 e. The number of furan rings is 1. The second-order valence-electron chi connectivity index (χ2n) is 5.70. The van der Waals surface area contributed by atoms with E-state index in [-0.39, 0.29) is 18.4 Å². The average molecular weight is 372 g/mol. The summed E-state index contributed by atoms with van der Waals surface area (Å²) >= 11 is 1.49. The number of carbonyl (C=O) groups excluding carboxylic acids is 1. The molecule has 0 radical (unpaired) electrons. The van der Waals surface area contributed by atoms with Gasteiger partial charge >= 0.3 is 0 Å². The van der Waals surface area contributed by atoms with Crippen LogP contribution < -0.4 is 14.8 Å². The number of benzene rings is 1. The fourth-order valence-corrected chi connectivity index (χ4v) is 3.37. The molecule has 0 aliphatic carbocycles. The highest BCUT2D eigenvalue weighted by molar-refractivity contribution is 7.13. The molecule has 2 aromatic heterocycles. The summed E-state index contributed by atoms with van der Waals surface area (Å²) in [5, 5.41) is 5.63. The van der Waals surface area contributed by atoms with Crippen LogP contribution >= 0.6 is 11.3 Å². The number of nitrogens with one attached hydrogen (secondary N) is 1. The van der Waals surface area contributed by atoms with E-state index in [9.17, 15) is 4.79 Å². The molecule has 6 nitrogen and oxygen atoms in total. The molecule has 2 heterocycles. The largest absolute Gasteiger partial charge is 0.493 e. The van der Waals surface area contributed by atoms with Crippen molar-refractivity contribution in [1.82, 2.24) is 10.3 Å². The number of hydrogen-bond donors (Lipinski definition) is 1. The first-order valence-corrected chi connectivity index (χ1v) is 8.98. The van der Waals surface area contributed by atoms with Crippen LogP contribution in [0, 0.1) is 0 Å². The Morgan fingerprint density at radius 3 is 2.77 bits per heavy atom. The number of aromatic nitrogens is 1. The lowest BCUT2D eigenvalue weighted by atomic mass is 10.2. The first-order valence-electron chi connectivity index (χ1n) is 8.10. The van der Waals surface area contributed by atoms with Crippen molar-refractivity contribution in [3.63, 3.8) is 0 Å². The standard InChI is InChI=1S/C19H20N2O4S/c1-12(15-5-4-8-25-15)20-18(22)10-14-11-26-19(21-14)13-6-7-16(23-2)17(9-13)24-3/h4-9,11-12H,10H2,1-3H3,(H,20,22). The molecule has 1 aromatic carbocycles. The second-order valence-corrected chi connectivity index (χ2v) is 6.55. The minimum absolute atomic E-state index is 0.0990. The van der Waals surface area contributed by atoms with Crippen LogP contribution in [0.1, 0.15) is 24.4 Å². The summed E-state index contributed by atoms with van der Waals surface area (Å²) in [7, 11) is 3.20. The number of amides is 1. The zero-order valence-corrected chi connectivity index (χ0v) is 15.6. The molecule has 0 spiro atoms. The molecule has 0 aliphatic heterocycles. The van der Waals surface area contributed by atoms with Crippen LogP contribution in [0.25, 0.3) is 10.6 Å². The van der Waals surface area contributed by atoms with Gasteiger partial charge in [0.2, 0.25) is 5.91 Å². The molecule has 0 saturated heterocycles. The summed E-state index contributed by atoms with van der Waals surface area (Å²) in [5.41, 5.74) is 1.65. The highest BCUT2D eigenvalue weighted by Gasteiger charge is 2.15. The summed E-state index contributed by atoms with van der Waals surface area (Å²) < 4.78 is 15.9. The van der Waals surface area contributed by atoms with Crippen LogP contribution in [0.3, 0.4) is 0 Å². The van der Waals surface area contributed by atoms with Gasteiger partial charge in [-0.2, -0.15) is 0 Å². The molecule has 26 heavy (non-hydrogen) atoms. The van der Waals surface area contributed by atoms with E-state index in [2.05, 4.69) is 10.3 Å². The molecule has 136 valence electrons. The lowest BCUT2D eigenvalue weighted by molar-refractivity contribution is -0.121. The average Bonchev–Trinajstić information content (AvgIpc) is 3.33. The molecule has 1 N–H and O–H groups in total. The fraction of sp³-hybridized carbons (Fsp3) is 0.263. The van der Waals surface area contributed by atoms with Gasteiger partial charge in [-0.25, -0.2) is 4.98 Å². The summed E-state index contributed by atoms with van der Waals surface area (Å²) in [6, 6.07) is 9.09. The molecule has 1 unspecified atom stereocenters. The molecule has 1 amide bonds. The highest BCUT2D eigenvalue weighted by atomic mass is 32.1. The van der Waals surface area contributed by atoms with Gasteiger partial charge in [-0.05, 0) is 37.3 Å². The van der Waals surface area contributed by atoms with Crippen molar-refractivity contribution in [2.45, 2.75) is 19.4 Å². The monoisotopic (exact) mass is 372 g/mol. The Balaban J connectivity index is 1.67. The van der Waals surface area contributed by atoms with E-state index in [0.717, 1.165) is 22.0 Å². The van der Waals surface area contributed by atoms with Crippen LogP contribution in [0.2, 0.25) is 0 Å². The van der Waals surface area contributed by atoms with Crippen LogP contribution in [-0.2, 0) is 11.2 Å². The Bertz CT molecular complexity index is 874. The third-order valence-corrected chi connectivity index (χ3v) is 4.81. The Kier molecular flexibility index (Phi) is 5.58. The van der Waals surface area contributed by atoms with E-state index in [1.165, 1.54) is 11.3 Å². The van der Waals surface area contributed by atoms with E-state index < -0.39 is 0 Å². The lowest BCUT2D eigenvalue weighted by Crippen LogP contribution is -2.27. The lowest BCUT2D eigenvalue weighted by Gasteiger charge is -2.10. The minimum atomic E-state index is -0.179. The molecule has 0 fully saturated rings. The molecule has 0 saturated carbocycles.